The first-order valence-electron chi connectivity index (χ1n) is 10.3. The molecule has 0 saturated heterocycles. The van der Waals surface area contributed by atoms with Gasteiger partial charge in [0.25, 0.3) is 10.0 Å². The molecule has 10 nitrogen and oxygen atoms in total. The van der Waals surface area contributed by atoms with E-state index in [1.165, 1.54) is 13.0 Å². The molecule has 4 rings (SSSR count). The maximum Gasteiger partial charge on any atom is 0.331 e. The van der Waals surface area contributed by atoms with Gasteiger partial charge in [-0.3, -0.25) is 14.5 Å². The third-order valence-electron chi connectivity index (χ3n) is 5.53. The summed E-state index contributed by atoms with van der Waals surface area (Å²) < 4.78 is 31.8. The van der Waals surface area contributed by atoms with Gasteiger partial charge in [0.1, 0.15) is 29.3 Å². The van der Waals surface area contributed by atoms with E-state index in [0.717, 1.165) is 11.4 Å². The highest BCUT2D eigenvalue weighted by Crippen LogP contribution is 2.40. The van der Waals surface area contributed by atoms with Gasteiger partial charge in [-0.05, 0) is 31.2 Å². The number of aliphatic imine (C=N–C) groups is 1. The van der Waals surface area contributed by atoms with E-state index in [9.17, 15) is 23.3 Å². The number of anilines is 2. The van der Waals surface area contributed by atoms with Crippen LogP contribution in [0.5, 0.6) is 0 Å². The zero-order chi connectivity index (χ0) is 24.6. The summed E-state index contributed by atoms with van der Waals surface area (Å²) in [7, 11) is -0.261. The van der Waals surface area contributed by atoms with Crippen LogP contribution in [0, 0.1) is 11.3 Å². The van der Waals surface area contributed by atoms with Gasteiger partial charge in [0.2, 0.25) is 5.78 Å². The lowest BCUT2D eigenvalue weighted by Gasteiger charge is -2.20. The van der Waals surface area contributed by atoms with Gasteiger partial charge >= 0.3 is 5.97 Å². The first kappa shape index (κ1) is 23.0. The second kappa shape index (κ2) is 8.64. The van der Waals surface area contributed by atoms with Crippen LogP contribution in [0.25, 0.3) is 0 Å². The van der Waals surface area contributed by atoms with Crippen molar-refractivity contribution in [2.75, 3.05) is 30.5 Å². The normalized spacial score (nSPS) is 17.5. The van der Waals surface area contributed by atoms with Gasteiger partial charge in [0, 0.05) is 19.7 Å². The molecule has 0 fully saturated rings. The molecule has 2 aromatic carbocycles. The molecule has 0 bridgehead atoms. The molecule has 174 valence electrons. The third-order valence-corrected chi connectivity index (χ3v) is 6.92. The summed E-state index contributed by atoms with van der Waals surface area (Å²) >= 11 is 0. The molecule has 2 aliphatic rings. The predicted octanol–water partition coefficient (Wildman–Crippen LogP) is 1.55. The van der Waals surface area contributed by atoms with Gasteiger partial charge in [0.05, 0.1) is 16.3 Å². The molecule has 1 N–H and O–H groups in total. The Morgan fingerprint density at radius 1 is 1.09 bits per heavy atom. The zero-order valence-corrected chi connectivity index (χ0v) is 19.5. The molecule has 0 saturated carbocycles. The van der Waals surface area contributed by atoms with Gasteiger partial charge < -0.3 is 14.5 Å². The molecule has 34 heavy (non-hydrogen) atoms. The Kier molecular flexibility index (Phi) is 5.85. The van der Waals surface area contributed by atoms with Crippen LogP contribution in [0.1, 0.15) is 12.5 Å². The van der Waals surface area contributed by atoms with Crippen molar-refractivity contribution in [2.45, 2.75) is 17.9 Å². The molecule has 2 aliphatic heterocycles. The van der Waals surface area contributed by atoms with Crippen molar-refractivity contribution in [2.24, 2.45) is 4.99 Å². The van der Waals surface area contributed by atoms with Crippen LogP contribution in [0.15, 0.2) is 69.8 Å². The molecular formula is C23H21N5O5S. The molecule has 1 atom stereocenters. The summed E-state index contributed by atoms with van der Waals surface area (Å²) in [4.78, 5) is 32.9. The van der Waals surface area contributed by atoms with E-state index in [4.69, 9.17) is 4.74 Å². The smallest absolute Gasteiger partial charge is 0.331 e. The van der Waals surface area contributed by atoms with Crippen LogP contribution >= 0.6 is 0 Å². The van der Waals surface area contributed by atoms with E-state index < -0.39 is 34.4 Å². The van der Waals surface area contributed by atoms with Crippen molar-refractivity contribution >= 4 is 39.0 Å². The van der Waals surface area contributed by atoms with E-state index in [1.54, 1.807) is 42.1 Å². The standard InChI is InChI=1S/C23H21N5O5S/c1-14(25-21-15-8-4-7-11-20(15)34(31,32)26-21)23(30)33-13-19(29)16(12-24)22-27(2)17-9-5-6-10-18(17)28(22)3/h4-11,14H,13H2,1-3H3,(H,25,26)/t14-/m0/s1. The van der Waals surface area contributed by atoms with E-state index in [1.807, 2.05) is 30.3 Å². The minimum absolute atomic E-state index is 0.0261. The number of ether oxygens (including phenoxy) is 1. The van der Waals surface area contributed by atoms with E-state index in [2.05, 4.69) is 9.71 Å². The number of benzene rings is 2. The quantitative estimate of drug-likeness (QED) is 0.388. The van der Waals surface area contributed by atoms with Crippen molar-refractivity contribution < 1.29 is 22.7 Å². The second-order valence-corrected chi connectivity index (χ2v) is 9.35. The average Bonchev–Trinajstić information content (AvgIpc) is 3.23. The maximum absolute atomic E-state index is 12.8. The van der Waals surface area contributed by atoms with Crippen LogP contribution in [-0.2, 0) is 24.3 Å². The van der Waals surface area contributed by atoms with Gasteiger partial charge in [0.15, 0.2) is 6.61 Å². The number of fused-ring (bicyclic) bond motifs is 2. The molecule has 2 heterocycles. The lowest BCUT2D eigenvalue weighted by molar-refractivity contribution is -0.147. The number of amidine groups is 1. The summed E-state index contributed by atoms with van der Waals surface area (Å²) in [6.07, 6.45) is 0. The molecule has 2 aromatic rings. The number of para-hydroxylation sites is 2. The first-order chi connectivity index (χ1) is 16.2. The Labute approximate surface area is 196 Å². The van der Waals surface area contributed by atoms with Crippen LogP contribution in [-0.4, -0.2) is 52.8 Å². The number of nitrogens with one attached hydrogen (secondary N) is 1. The summed E-state index contributed by atoms with van der Waals surface area (Å²) in [5.41, 5.74) is 1.87. The number of esters is 1. The Morgan fingerprint density at radius 2 is 1.68 bits per heavy atom. The average molecular weight is 480 g/mol. The fourth-order valence-electron chi connectivity index (χ4n) is 3.86. The van der Waals surface area contributed by atoms with Gasteiger partial charge in [-0.25, -0.2) is 13.2 Å². The number of nitriles is 1. The van der Waals surface area contributed by atoms with Crippen molar-refractivity contribution in [3.05, 3.63) is 65.5 Å². The summed E-state index contributed by atoms with van der Waals surface area (Å²) in [5, 5.41) is 9.67. The number of carbonyl (C=O) groups is 2. The Morgan fingerprint density at radius 3 is 2.29 bits per heavy atom. The molecule has 0 spiro atoms. The fourth-order valence-corrected chi connectivity index (χ4v) is 5.10. The Balaban J connectivity index is 1.48. The predicted molar refractivity (Wildman–Crippen MR) is 125 cm³/mol. The molecular weight excluding hydrogens is 458 g/mol. The van der Waals surface area contributed by atoms with Gasteiger partial charge in [-0.2, -0.15) is 5.26 Å². The molecule has 0 aromatic heterocycles. The number of hydrogen-bond donors (Lipinski definition) is 1. The van der Waals surface area contributed by atoms with E-state index in [0.29, 0.717) is 11.4 Å². The number of ketones is 1. The summed E-state index contributed by atoms with van der Waals surface area (Å²) in [6, 6.07) is 14.5. The highest BCUT2D eigenvalue weighted by Gasteiger charge is 2.33. The van der Waals surface area contributed by atoms with Gasteiger partial charge in [-0.1, -0.05) is 24.3 Å². The van der Waals surface area contributed by atoms with Crippen LogP contribution in [0.4, 0.5) is 11.4 Å². The molecule has 0 unspecified atom stereocenters. The number of rotatable bonds is 5. The largest absolute Gasteiger partial charge is 0.456 e. The Bertz CT molecular complexity index is 1380. The lowest BCUT2D eigenvalue weighted by atomic mass is 10.2. The fraction of sp³-hybridized carbons (Fsp3) is 0.217. The number of carbonyl (C=O) groups excluding carboxylic acids is 2. The second-order valence-electron chi connectivity index (χ2n) is 7.70. The first-order valence-corrected chi connectivity index (χ1v) is 11.7. The highest BCUT2D eigenvalue weighted by molar-refractivity contribution is 7.90. The number of hydrogen-bond acceptors (Lipinski definition) is 9. The molecule has 11 heteroatoms. The Hall–Kier alpha value is -4.17. The van der Waals surface area contributed by atoms with Gasteiger partial charge in [-0.15, -0.1) is 0 Å². The molecule has 0 aliphatic carbocycles. The minimum Gasteiger partial charge on any atom is -0.456 e. The topological polar surface area (TPSA) is 132 Å². The zero-order valence-electron chi connectivity index (χ0n) is 18.6. The van der Waals surface area contributed by atoms with E-state index in [-0.39, 0.29) is 16.3 Å². The van der Waals surface area contributed by atoms with Crippen LogP contribution < -0.4 is 14.5 Å². The maximum atomic E-state index is 12.8. The summed E-state index contributed by atoms with van der Waals surface area (Å²) in [6.45, 7) is 0.772. The number of Topliss-reactive ketones (excluding diaryl/α,β-unsaturated/α-hetero) is 1. The summed E-state index contributed by atoms with van der Waals surface area (Å²) in [5.74, 6) is -1.08. The van der Waals surface area contributed by atoms with Crippen molar-refractivity contribution in [1.29, 1.82) is 5.26 Å². The van der Waals surface area contributed by atoms with Crippen LogP contribution in [0.3, 0.4) is 0 Å². The van der Waals surface area contributed by atoms with Crippen molar-refractivity contribution in [3.63, 3.8) is 0 Å². The molecule has 0 radical (unpaired) electrons. The minimum atomic E-state index is -3.75. The number of sulfonamides is 1. The van der Waals surface area contributed by atoms with Crippen molar-refractivity contribution in [1.82, 2.24) is 4.72 Å². The third kappa shape index (κ3) is 3.88. The monoisotopic (exact) mass is 479 g/mol. The van der Waals surface area contributed by atoms with Crippen LogP contribution in [0.2, 0.25) is 0 Å². The number of nitrogens with zero attached hydrogens (tertiary/aromatic N) is 4. The van der Waals surface area contributed by atoms with Crippen molar-refractivity contribution in [3.8, 4) is 6.07 Å². The van der Waals surface area contributed by atoms with E-state index >= 15 is 0 Å². The SMILES string of the molecule is C[C@H](N=C1NS(=O)(=O)c2ccccc21)C(=O)OCC(=O)C(C#N)=C1N(C)c2ccccc2N1C. The molecule has 0 amide bonds. The highest BCUT2D eigenvalue weighted by atomic mass is 32.2. The lowest BCUT2D eigenvalue weighted by Crippen LogP contribution is -2.30.